The Bertz CT molecular complexity index is 623. The average molecular weight is 260 g/mol. The maximum absolute atomic E-state index is 12.1. The molecule has 0 aliphatic heterocycles. The van der Waals surface area contributed by atoms with Gasteiger partial charge in [-0.3, -0.25) is 4.79 Å². The van der Waals surface area contributed by atoms with Gasteiger partial charge in [0.2, 0.25) is 0 Å². The van der Waals surface area contributed by atoms with Crippen LogP contribution in [-0.4, -0.2) is 23.2 Å². The number of hydrogen-bond donors (Lipinski definition) is 3. The predicted molar refractivity (Wildman–Crippen MR) is 71.8 cm³/mol. The Morgan fingerprint density at radius 3 is 2.84 bits per heavy atom. The van der Waals surface area contributed by atoms with Crippen LogP contribution in [0.15, 0.2) is 28.7 Å². The zero-order valence-corrected chi connectivity index (χ0v) is 10.5. The Labute approximate surface area is 110 Å². The molecule has 4 N–H and O–H groups in total. The molecule has 3 rings (SSSR count). The summed E-state index contributed by atoms with van der Waals surface area (Å²) in [6, 6.07) is 6.91. The molecule has 0 bridgehead atoms. The smallest absolute Gasteiger partial charge is 0.287 e. The van der Waals surface area contributed by atoms with E-state index in [2.05, 4.69) is 5.32 Å². The fourth-order valence-electron chi connectivity index (χ4n) is 2.40. The van der Waals surface area contributed by atoms with Gasteiger partial charge in [-0.2, -0.15) is 0 Å². The van der Waals surface area contributed by atoms with Gasteiger partial charge in [0, 0.05) is 11.1 Å². The van der Waals surface area contributed by atoms with Gasteiger partial charge in [0.1, 0.15) is 5.58 Å². The number of aliphatic hydroxyl groups excluding tert-OH is 1. The molecule has 19 heavy (non-hydrogen) atoms. The van der Waals surface area contributed by atoms with Crippen LogP contribution >= 0.6 is 0 Å². The molecule has 100 valence electrons. The van der Waals surface area contributed by atoms with Crippen molar-refractivity contribution >= 4 is 22.6 Å². The largest absolute Gasteiger partial charge is 0.451 e. The lowest BCUT2D eigenvalue weighted by molar-refractivity contribution is 0.0621. The molecule has 0 spiro atoms. The molecular formula is C14H16N2O3. The Balaban J connectivity index is 1.85. The summed E-state index contributed by atoms with van der Waals surface area (Å²) in [7, 11) is 0. The average Bonchev–Trinajstić information content (AvgIpc) is 2.76. The van der Waals surface area contributed by atoms with Crippen LogP contribution in [0.5, 0.6) is 0 Å². The van der Waals surface area contributed by atoms with E-state index >= 15 is 0 Å². The van der Waals surface area contributed by atoms with Gasteiger partial charge in [0.25, 0.3) is 5.91 Å². The van der Waals surface area contributed by atoms with Crippen LogP contribution in [0.3, 0.4) is 0 Å². The first-order valence-corrected chi connectivity index (χ1v) is 6.34. The molecular weight excluding hydrogens is 244 g/mol. The number of carbonyl (C=O) groups excluding carboxylic acids is 1. The molecule has 1 fully saturated rings. The lowest BCUT2D eigenvalue weighted by Crippen LogP contribution is -2.56. The highest BCUT2D eigenvalue weighted by Gasteiger charge is 2.38. The van der Waals surface area contributed by atoms with E-state index in [1.807, 2.05) is 0 Å². The molecule has 5 heteroatoms. The first-order chi connectivity index (χ1) is 9.12. The molecule has 0 saturated heterocycles. The summed E-state index contributed by atoms with van der Waals surface area (Å²) in [6.07, 6.45) is 2.64. The number of amides is 1. The van der Waals surface area contributed by atoms with Gasteiger partial charge in [-0.1, -0.05) is 0 Å². The maximum Gasteiger partial charge on any atom is 0.287 e. The Morgan fingerprint density at radius 1 is 1.42 bits per heavy atom. The van der Waals surface area contributed by atoms with Crippen molar-refractivity contribution in [2.24, 2.45) is 0 Å². The number of furan rings is 1. The third-order valence-electron chi connectivity index (χ3n) is 3.76. The molecule has 2 aromatic rings. The molecule has 1 aliphatic carbocycles. The number of fused-ring (bicyclic) bond motifs is 1. The van der Waals surface area contributed by atoms with Crippen molar-refractivity contribution in [3.05, 3.63) is 30.0 Å². The maximum atomic E-state index is 12.1. The molecule has 1 heterocycles. The van der Waals surface area contributed by atoms with Gasteiger partial charge in [-0.25, -0.2) is 0 Å². The van der Waals surface area contributed by atoms with Crippen LogP contribution in [0.4, 0.5) is 5.69 Å². The van der Waals surface area contributed by atoms with E-state index in [1.54, 1.807) is 24.3 Å². The van der Waals surface area contributed by atoms with Crippen molar-refractivity contribution < 1.29 is 14.3 Å². The van der Waals surface area contributed by atoms with Crippen molar-refractivity contribution in [1.82, 2.24) is 5.32 Å². The van der Waals surface area contributed by atoms with Crippen LogP contribution < -0.4 is 11.1 Å². The quantitative estimate of drug-likeness (QED) is 0.732. The predicted octanol–water partition coefficient (Wildman–Crippen LogP) is 1.66. The highest BCUT2D eigenvalue weighted by atomic mass is 16.3. The standard InChI is InChI=1S/C14H16N2O3/c15-10-2-3-11-9(6-10)7-12(19-11)13(18)16-14(8-17)4-1-5-14/h2-3,6-7,17H,1,4-5,8,15H2,(H,16,18). The fraction of sp³-hybridized carbons (Fsp3) is 0.357. The van der Waals surface area contributed by atoms with Gasteiger partial charge < -0.3 is 20.6 Å². The van der Waals surface area contributed by atoms with E-state index in [-0.39, 0.29) is 18.3 Å². The van der Waals surface area contributed by atoms with E-state index < -0.39 is 5.54 Å². The lowest BCUT2D eigenvalue weighted by Gasteiger charge is -2.40. The summed E-state index contributed by atoms with van der Waals surface area (Å²) >= 11 is 0. The van der Waals surface area contributed by atoms with Gasteiger partial charge in [-0.15, -0.1) is 0 Å². The number of rotatable bonds is 3. The van der Waals surface area contributed by atoms with Crippen LogP contribution in [0.2, 0.25) is 0 Å². The van der Waals surface area contributed by atoms with E-state index in [9.17, 15) is 9.90 Å². The Morgan fingerprint density at radius 2 is 2.21 bits per heavy atom. The Kier molecular flexibility index (Phi) is 2.71. The topological polar surface area (TPSA) is 88.5 Å². The number of nitrogens with two attached hydrogens (primary N) is 1. The Hall–Kier alpha value is -2.01. The number of hydrogen-bond acceptors (Lipinski definition) is 4. The summed E-state index contributed by atoms with van der Waals surface area (Å²) < 4.78 is 5.49. The van der Waals surface area contributed by atoms with E-state index in [0.717, 1.165) is 24.6 Å². The minimum absolute atomic E-state index is 0.0358. The second-order valence-corrected chi connectivity index (χ2v) is 5.15. The third kappa shape index (κ3) is 2.06. The van der Waals surface area contributed by atoms with Gasteiger partial charge >= 0.3 is 0 Å². The summed E-state index contributed by atoms with van der Waals surface area (Å²) in [5.41, 5.74) is 6.49. The number of carbonyl (C=O) groups is 1. The summed E-state index contributed by atoms with van der Waals surface area (Å²) in [5.74, 6) is -0.0381. The van der Waals surface area contributed by atoms with Gasteiger partial charge in [-0.05, 0) is 43.5 Å². The third-order valence-corrected chi connectivity index (χ3v) is 3.76. The molecule has 5 nitrogen and oxygen atoms in total. The number of aliphatic hydroxyl groups is 1. The van der Waals surface area contributed by atoms with Crippen molar-refractivity contribution in [1.29, 1.82) is 0 Å². The summed E-state index contributed by atoms with van der Waals surface area (Å²) in [6.45, 7) is -0.0358. The molecule has 1 aliphatic rings. The van der Waals surface area contributed by atoms with Crippen molar-refractivity contribution in [2.75, 3.05) is 12.3 Å². The lowest BCUT2D eigenvalue weighted by atomic mass is 9.77. The monoisotopic (exact) mass is 260 g/mol. The SMILES string of the molecule is Nc1ccc2oc(C(=O)NC3(CO)CCC3)cc2c1. The van der Waals surface area contributed by atoms with Crippen molar-refractivity contribution in [3.63, 3.8) is 0 Å². The molecule has 1 aromatic heterocycles. The van der Waals surface area contributed by atoms with E-state index in [0.29, 0.717) is 11.3 Å². The van der Waals surface area contributed by atoms with Crippen LogP contribution in [-0.2, 0) is 0 Å². The first-order valence-electron chi connectivity index (χ1n) is 6.34. The number of benzene rings is 1. The van der Waals surface area contributed by atoms with E-state index in [1.165, 1.54) is 0 Å². The molecule has 0 radical (unpaired) electrons. The number of nitrogen functional groups attached to an aromatic ring is 1. The molecule has 0 atom stereocenters. The molecule has 0 unspecified atom stereocenters. The van der Waals surface area contributed by atoms with Crippen LogP contribution in [0, 0.1) is 0 Å². The van der Waals surface area contributed by atoms with Crippen molar-refractivity contribution in [2.45, 2.75) is 24.8 Å². The van der Waals surface area contributed by atoms with Crippen LogP contribution in [0.1, 0.15) is 29.8 Å². The normalized spacial score (nSPS) is 17.1. The molecule has 1 amide bonds. The van der Waals surface area contributed by atoms with Gasteiger partial charge in [0.05, 0.1) is 12.1 Å². The van der Waals surface area contributed by atoms with Gasteiger partial charge in [0.15, 0.2) is 5.76 Å². The summed E-state index contributed by atoms with van der Waals surface area (Å²) in [4.78, 5) is 12.1. The summed E-state index contributed by atoms with van der Waals surface area (Å²) in [5, 5.41) is 13.0. The second kappa shape index (κ2) is 4.28. The van der Waals surface area contributed by atoms with Crippen molar-refractivity contribution in [3.8, 4) is 0 Å². The zero-order valence-electron chi connectivity index (χ0n) is 10.5. The minimum atomic E-state index is -0.463. The zero-order chi connectivity index (χ0) is 13.5. The highest BCUT2D eigenvalue weighted by Crippen LogP contribution is 2.32. The first kappa shape index (κ1) is 12.0. The number of nitrogens with one attached hydrogen (secondary N) is 1. The molecule has 1 aromatic carbocycles. The molecule has 1 saturated carbocycles. The highest BCUT2D eigenvalue weighted by molar-refractivity contribution is 5.97. The minimum Gasteiger partial charge on any atom is -0.451 e. The fourth-order valence-corrected chi connectivity index (χ4v) is 2.40. The second-order valence-electron chi connectivity index (χ2n) is 5.15. The van der Waals surface area contributed by atoms with E-state index in [4.69, 9.17) is 10.2 Å². The number of anilines is 1. The van der Waals surface area contributed by atoms with Crippen LogP contribution in [0.25, 0.3) is 11.0 Å².